The lowest BCUT2D eigenvalue weighted by atomic mass is 10.1. The molecule has 0 aliphatic carbocycles. The summed E-state index contributed by atoms with van der Waals surface area (Å²) in [7, 11) is -3.50. The Hall–Kier alpha value is -1.94. The minimum Gasteiger partial charge on any atom is -0.349 e. The standard InChI is InChI=1S/C18H20FN2O7P/c19-13-10-21(18(23)20-17(13)22)16-9-14-15(27-16)11-26-29(24,28-14)25-8-4-7-12-5-2-1-3-6-12/h1-3,5-6,10,14-16,24H,4,7-9,11H2/p+1/t14-,15+,16+,29?/m0/s1. The van der Waals surface area contributed by atoms with Crippen LogP contribution in [0.1, 0.15) is 24.6 Å². The van der Waals surface area contributed by atoms with E-state index in [1.165, 1.54) is 0 Å². The third-order valence-corrected chi connectivity index (χ3v) is 6.31. The molecule has 156 valence electrons. The molecular formula is C18H21FN2O7P+. The first-order chi connectivity index (χ1) is 13.9. The third-order valence-electron chi connectivity index (χ3n) is 4.79. The maximum atomic E-state index is 13.5. The van der Waals surface area contributed by atoms with Gasteiger partial charge in [-0.25, -0.2) is 4.79 Å². The predicted molar refractivity (Wildman–Crippen MR) is 100 cm³/mol. The molecule has 4 rings (SSSR count). The molecule has 1 aromatic heterocycles. The van der Waals surface area contributed by atoms with Crippen LogP contribution >= 0.6 is 8.17 Å². The summed E-state index contributed by atoms with van der Waals surface area (Å²) in [5, 5.41) is 0. The number of H-pyrrole nitrogens is 1. The Labute approximate surface area is 165 Å². The quantitative estimate of drug-likeness (QED) is 0.533. The third kappa shape index (κ3) is 4.63. The van der Waals surface area contributed by atoms with Gasteiger partial charge in [-0.1, -0.05) is 30.3 Å². The summed E-state index contributed by atoms with van der Waals surface area (Å²) in [6.45, 7) is 0.274. The topological polar surface area (TPSA) is 112 Å². The maximum absolute atomic E-state index is 13.5. The van der Waals surface area contributed by atoms with Crippen molar-refractivity contribution in [3.05, 3.63) is 68.7 Å². The average Bonchev–Trinajstić information content (AvgIpc) is 3.11. The molecule has 0 spiro atoms. The van der Waals surface area contributed by atoms with Crippen LogP contribution in [0, 0.1) is 5.82 Å². The normalized spacial score (nSPS) is 29.0. The first-order valence-electron chi connectivity index (χ1n) is 9.23. The van der Waals surface area contributed by atoms with Crippen molar-refractivity contribution < 1.29 is 27.6 Å². The van der Waals surface area contributed by atoms with Gasteiger partial charge in [0.15, 0.2) is 0 Å². The molecule has 9 nitrogen and oxygen atoms in total. The lowest BCUT2D eigenvalue weighted by Gasteiger charge is -2.26. The van der Waals surface area contributed by atoms with Crippen molar-refractivity contribution in [3.8, 4) is 0 Å². The number of aromatic nitrogens is 2. The SMILES string of the molecule is O=c1[nH]c(=O)n([C@H]2C[C@@H]3O[P+](O)(OCCCc4ccccc4)OC[C@H]3O2)cc1F. The Balaban J connectivity index is 1.33. The molecule has 0 amide bonds. The van der Waals surface area contributed by atoms with E-state index in [-0.39, 0.29) is 19.6 Å². The largest absolute Gasteiger partial charge is 0.573 e. The summed E-state index contributed by atoms with van der Waals surface area (Å²) in [6, 6.07) is 9.89. The Morgan fingerprint density at radius 2 is 2.07 bits per heavy atom. The molecule has 2 aromatic rings. The Kier molecular flexibility index (Phi) is 5.91. The summed E-state index contributed by atoms with van der Waals surface area (Å²) in [4.78, 5) is 35.5. The van der Waals surface area contributed by atoms with E-state index in [0.29, 0.717) is 6.42 Å². The number of aryl methyl sites for hydroxylation is 1. The first kappa shape index (κ1) is 20.3. The average molecular weight is 427 g/mol. The van der Waals surface area contributed by atoms with E-state index in [2.05, 4.69) is 0 Å². The fraction of sp³-hybridized carbons (Fsp3) is 0.444. The predicted octanol–water partition coefficient (Wildman–Crippen LogP) is 1.70. The number of hydrogen-bond acceptors (Lipinski definition) is 7. The smallest absolute Gasteiger partial charge is 0.349 e. The monoisotopic (exact) mass is 427 g/mol. The van der Waals surface area contributed by atoms with E-state index in [9.17, 15) is 18.9 Å². The molecule has 4 atom stereocenters. The van der Waals surface area contributed by atoms with Crippen LogP contribution < -0.4 is 11.2 Å². The number of aromatic amines is 1. The Morgan fingerprint density at radius 1 is 1.28 bits per heavy atom. The van der Waals surface area contributed by atoms with E-state index >= 15 is 0 Å². The van der Waals surface area contributed by atoms with Crippen LogP contribution in [0.5, 0.6) is 0 Å². The van der Waals surface area contributed by atoms with Gasteiger partial charge in [-0.2, -0.15) is 18.3 Å². The molecule has 2 aliphatic rings. The van der Waals surface area contributed by atoms with Crippen molar-refractivity contribution in [2.24, 2.45) is 0 Å². The van der Waals surface area contributed by atoms with Gasteiger partial charge < -0.3 is 4.74 Å². The second-order valence-corrected chi connectivity index (χ2v) is 8.50. The van der Waals surface area contributed by atoms with Gasteiger partial charge in [0.05, 0.1) is 6.20 Å². The fourth-order valence-corrected chi connectivity index (χ4v) is 4.80. The second-order valence-electron chi connectivity index (χ2n) is 6.84. The fourth-order valence-electron chi connectivity index (χ4n) is 3.34. The molecule has 2 N–H and O–H groups in total. The molecule has 11 heteroatoms. The number of rotatable bonds is 6. The van der Waals surface area contributed by atoms with Crippen LogP contribution in [0.25, 0.3) is 0 Å². The molecule has 0 radical (unpaired) electrons. The van der Waals surface area contributed by atoms with Crippen LogP contribution in [0.2, 0.25) is 0 Å². The highest BCUT2D eigenvalue weighted by Gasteiger charge is 2.57. The number of fused-ring (bicyclic) bond motifs is 1. The Morgan fingerprint density at radius 3 is 2.86 bits per heavy atom. The zero-order valence-corrected chi connectivity index (χ0v) is 16.3. The van der Waals surface area contributed by atoms with Gasteiger partial charge >= 0.3 is 13.9 Å². The van der Waals surface area contributed by atoms with E-state index in [1.807, 2.05) is 35.3 Å². The number of ether oxygens (including phenoxy) is 1. The highest BCUT2D eigenvalue weighted by atomic mass is 31.2. The number of benzene rings is 1. The molecule has 2 aliphatic heterocycles. The minimum absolute atomic E-state index is 0.0186. The molecular weight excluding hydrogens is 406 g/mol. The van der Waals surface area contributed by atoms with Gasteiger partial charge in [0.1, 0.15) is 31.6 Å². The minimum atomic E-state index is -3.50. The van der Waals surface area contributed by atoms with Gasteiger partial charge in [0, 0.05) is 6.42 Å². The van der Waals surface area contributed by atoms with Crippen molar-refractivity contribution >= 4 is 8.17 Å². The molecule has 1 aromatic carbocycles. The van der Waals surface area contributed by atoms with Crippen molar-refractivity contribution in [1.29, 1.82) is 0 Å². The molecule has 0 bridgehead atoms. The summed E-state index contributed by atoms with van der Waals surface area (Å²) in [5.74, 6) is -1.09. The number of nitrogens with one attached hydrogen (secondary N) is 1. The molecule has 2 fully saturated rings. The first-order valence-corrected chi connectivity index (χ1v) is 10.7. The lowest BCUT2D eigenvalue weighted by molar-refractivity contribution is -0.0819. The second kappa shape index (κ2) is 8.43. The van der Waals surface area contributed by atoms with E-state index < -0.39 is 43.7 Å². The van der Waals surface area contributed by atoms with E-state index in [0.717, 1.165) is 22.7 Å². The zero-order valence-electron chi connectivity index (χ0n) is 15.4. The summed E-state index contributed by atoms with van der Waals surface area (Å²) in [5.41, 5.74) is -0.716. The zero-order chi connectivity index (χ0) is 20.4. The van der Waals surface area contributed by atoms with Crippen LogP contribution in [0.15, 0.2) is 46.1 Å². The number of halogens is 1. The highest BCUT2D eigenvalue weighted by molar-refractivity contribution is 7.55. The summed E-state index contributed by atoms with van der Waals surface area (Å²) >= 11 is 0. The Bertz CT molecular complexity index is 969. The van der Waals surface area contributed by atoms with E-state index in [1.54, 1.807) is 0 Å². The summed E-state index contributed by atoms with van der Waals surface area (Å²) < 4.78 is 36.6. The molecule has 29 heavy (non-hydrogen) atoms. The van der Waals surface area contributed by atoms with Gasteiger partial charge in [0.2, 0.25) is 5.82 Å². The van der Waals surface area contributed by atoms with Crippen LogP contribution in [-0.4, -0.2) is 39.9 Å². The molecule has 1 unspecified atom stereocenters. The highest BCUT2D eigenvalue weighted by Crippen LogP contribution is 2.63. The lowest BCUT2D eigenvalue weighted by Crippen LogP contribution is -2.35. The van der Waals surface area contributed by atoms with Gasteiger partial charge in [0.25, 0.3) is 5.56 Å². The number of nitrogens with zero attached hydrogens (tertiary/aromatic N) is 1. The van der Waals surface area contributed by atoms with Gasteiger partial charge in [-0.05, 0) is 18.4 Å². The van der Waals surface area contributed by atoms with Gasteiger partial charge in [-0.3, -0.25) is 14.3 Å². The van der Waals surface area contributed by atoms with Crippen LogP contribution in [-0.2, 0) is 24.7 Å². The molecule has 0 saturated carbocycles. The van der Waals surface area contributed by atoms with Crippen LogP contribution in [0.3, 0.4) is 0 Å². The van der Waals surface area contributed by atoms with Crippen LogP contribution in [0.4, 0.5) is 4.39 Å². The molecule has 3 heterocycles. The maximum Gasteiger partial charge on any atom is 0.573 e. The van der Waals surface area contributed by atoms with Crippen molar-refractivity contribution in [2.75, 3.05) is 13.2 Å². The van der Waals surface area contributed by atoms with Crippen molar-refractivity contribution in [3.63, 3.8) is 0 Å². The summed E-state index contributed by atoms with van der Waals surface area (Å²) in [6.07, 6.45) is 0.465. The van der Waals surface area contributed by atoms with E-state index in [4.69, 9.17) is 18.3 Å². The van der Waals surface area contributed by atoms with Crippen molar-refractivity contribution in [2.45, 2.75) is 37.7 Å². The number of hydrogen-bond donors (Lipinski definition) is 2. The van der Waals surface area contributed by atoms with Crippen molar-refractivity contribution in [1.82, 2.24) is 9.55 Å². The molecule has 2 saturated heterocycles. The van der Waals surface area contributed by atoms with Gasteiger partial charge in [-0.15, -0.1) is 4.52 Å².